The van der Waals surface area contributed by atoms with Crippen molar-refractivity contribution in [3.8, 4) is 0 Å². The van der Waals surface area contributed by atoms with Gasteiger partial charge in [-0.15, -0.1) is 0 Å². The summed E-state index contributed by atoms with van der Waals surface area (Å²) < 4.78 is 24.8. The van der Waals surface area contributed by atoms with Crippen LogP contribution in [0.4, 0.5) is 0 Å². The van der Waals surface area contributed by atoms with Crippen molar-refractivity contribution in [3.05, 3.63) is 65.7 Å². The second kappa shape index (κ2) is 7.38. The van der Waals surface area contributed by atoms with Gasteiger partial charge in [0, 0.05) is 0 Å². The molecule has 2 aromatic carbocycles. The second-order valence-electron chi connectivity index (χ2n) is 5.09. The van der Waals surface area contributed by atoms with Crippen LogP contribution in [0, 0.1) is 0 Å². The molecule has 0 fully saturated rings. The van der Waals surface area contributed by atoms with E-state index in [9.17, 15) is 8.42 Å². The highest BCUT2D eigenvalue weighted by Crippen LogP contribution is 2.16. The van der Waals surface area contributed by atoms with Gasteiger partial charge in [0.05, 0.1) is 10.6 Å². The maximum absolute atomic E-state index is 12.4. The first-order valence-corrected chi connectivity index (χ1v) is 8.83. The Morgan fingerprint density at radius 2 is 1.57 bits per heavy atom. The van der Waals surface area contributed by atoms with Crippen molar-refractivity contribution in [3.63, 3.8) is 0 Å². The topological polar surface area (TPSA) is 60.2 Å². The van der Waals surface area contributed by atoms with Gasteiger partial charge in [-0.25, -0.2) is 8.42 Å². The van der Waals surface area contributed by atoms with Crippen LogP contribution in [0.1, 0.15) is 17.5 Å². The molecule has 0 saturated heterocycles. The summed E-state index contributed by atoms with van der Waals surface area (Å²) in [6, 6.07) is 16.9. The van der Waals surface area contributed by atoms with E-state index < -0.39 is 9.84 Å². The van der Waals surface area contributed by atoms with Crippen LogP contribution in [0.3, 0.4) is 0 Å². The Hall–Kier alpha value is -1.65. The third-order valence-corrected chi connectivity index (χ3v) is 5.14. The average Bonchev–Trinajstić information content (AvgIpc) is 2.52. The first kappa shape index (κ1) is 15.7. The Bertz CT molecular complexity index is 666. The Balaban J connectivity index is 2.08. The van der Waals surface area contributed by atoms with Crippen LogP contribution in [0.2, 0.25) is 0 Å². The molecule has 0 saturated carbocycles. The van der Waals surface area contributed by atoms with Gasteiger partial charge in [0.2, 0.25) is 0 Å². The van der Waals surface area contributed by atoms with E-state index >= 15 is 0 Å². The molecule has 0 atom stereocenters. The Morgan fingerprint density at radius 1 is 0.857 bits per heavy atom. The SMILES string of the molecule is NCCCc1cccc(S(=O)(=O)CCc2ccccc2)c1. The molecule has 0 radical (unpaired) electrons. The van der Waals surface area contributed by atoms with Crippen LogP contribution in [0.25, 0.3) is 0 Å². The van der Waals surface area contributed by atoms with Crippen molar-refractivity contribution in [2.24, 2.45) is 5.73 Å². The largest absolute Gasteiger partial charge is 0.330 e. The van der Waals surface area contributed by atoms with Gasteiger partial charge in [0.15, 0.2) is 9.84 Å². The molecule has 0 unspecified atom stereocenters. The standard InChI is InChI=1S/C17H21NO2S/c18-12-5-9-16-8-4-10-17(14-16)21(19,20)13-11-15-6-2-1-3-7-15/h1-4,6-8,10,14H,5,9,11-13,18H2. The quantitative estimate of drug-likeness (QED) is 0.855. The molecule has 3 nitrogen and oxygen atoms in total. The molecule has 2 aromatic rings. The number of nitrogens with two attached hydrogens (primary N) is 1. The van der Waals surface area contributed by atoms with Crippen LogP contribution in [-0.2, 0) is 22.7 Å². The minimum absolute atomic E-state index is 0.136. The van der Waals surface area contributed by atoms with E-state index in [2.05, 4.69) is 0 Å². The predicted molar refractivity (Wildman–Crippen MR) is 86.0 cm³/mol. The van der Waals surface area contributed by atoms with E-state index in [1.807, 2.05) is 36.4 Å². The van der Waals surface area contributed by atoms with E-state index in [0.29, 0.717) is 17.9 Å². The maximum Gasteiger partial charge on any atom is 0.178 e. The summed E-state index contributed by atoms with van der Waals surface area (Å²) in [7, 11) is -3.24. The summed E-state index contributed by atoms with van der Waals surface area (Å²) in [4.78, 5) is 0.410. The number of aryl methyl sites for hydroxylation is 2. The molecule has 2 rings (SSSR count). The molecule has 0 aromatic heterocycles. The molecule has 112 valence electrons. The van der Waals surface area contributed by atoms with Crippen molar-refractivity contribution in [1.29, 1.82) is 0 Å². The van der Waals surface area contributed by atoms with Crippen molar-refractivity contribution in [1.82, 2.24) is 0 Å². The van der Waals surface area contributed by atoms with E-state index in [-0.39, 0.29) is 5.75 Å². The Morgan fingerprint density at radius 3 is 2.29 bits per heavy atom. The minimum atomic E-state index is -3.24. The third kappa shape index (κ3) is 4.69. The lowest BCUT2D eigenvalue weighted by Crippen LogP contribution is -2.10. The lowest BCUT2D eigenvalue weighted by Gasteiger charge is -2.07. The highest BCUT2D eigenvalue weighted by molar-refractivity contribution is 7.91. The predicted octanol–water partition coefficient (Wildman–Crippen LogP) is 2.59. The van der Waals surface area contributed by atoms with Crippen molar-refractivity contribution in [2.45, 2.75) is 24.2 Å². The summed E-state index contributed by atoms with van der Waals surface area (Å²) in [5.41, 5.74) is 7.56. The summed E-state index contributed by atoms with van der Waals surface area (Å²) >= 11 is 0. The Labute approximate surface area is 126 Å². The first-order chi connectivity index (χ1) is 10.1. The van der Waals surface area contributed by atoms with E-state index in [1.165, 1.54) is 0 Å². The van der Waals surface area contributed by atoms with Crippen LogP contribution in [-0.4, -0.2) is 20.7 Å². The molecule has 0 bridgehead atoms. The average molecular weight is 303 g/mol. The molecule has 0 heterocycles. The molecule has 0 aliphatic rings. The third-order valence-electron chi connectivity index (χ3n) is 3.43. The normalized spacial score (nSPS) is 11.5. The van der Waals surface area contributed by atoms with Crippen molar-refractivity contribution >= 4 is 9.84 Å². The van der Waals surface area contributed by atoms with E-state index in [4.69, 9.17) is 5.73 Å². The lowest BCUT2D eigenvalue weighted by atomic mass is 10.1. The van der Waals surface area contributed by atoms with Gasteiger partial charge >= 0.3 is 0 Å². The zero-order valence-corrected chi connectivity index (χ0v) is 12.9. The number of benzene rings is 2. The lowest BCUT2D eigenvalue weighted by molar-refractivity contribution is 0.595. The molecule has 0 amide bonds. The van der Waals surface area contributed by atoms with Crippen LogP contribution < -0.4 is 5.73 Å². The second-order valence-corrected chi connectivity index (χ2v) is 7.20. The summed E-state index contributed by atoms with van der Waals surface area (Å²) in [5.74, 6) is 0.136. The van der Waals surface area contributed by atoms with Crippen molar-refractivity contribution < 1.29 is 8.42 Å². The molecule has 0 aliphatic heterocycles. The molecule has 21 heavy (non-hydrogen) atoms. The molecular weight excluding hydrogens is 282 g/mol. The zero-order chi connectivity index (χ0) is 15.1. The number of hydrogen-bond donors (Lipinski definition) is 1. The first-order valence-electron chi connectivity index (χ1n) is 7.17. The van der Waals surface area contributed by atoms with E-state index in [1.54, 1.807) is 18.2 Å². The summed E-state index contributed by atoms with van der Waals surface area (Å²) in [5, 5.41) is 0. The summed E-state index contributed by atoms with van der Waals surface area (Å²) in [6.45, 7) is 0.616. The fourth-order valence-electron chi connectivity index (χ4n) is 2.22. The molecular formula is C17H21NO2S. The van der Waals surface area contributed by atoms with Gasteiger partial charge in [0.1, 0.15) is 0 Å². The van der Waals surface area contributed by atoms with Gasteiger partial charge in [-0.3, -0.25) is 0 Å². The molecule has 0 spiro atoms. The molecule has 0 aliphatic carbocycles. The van der Waals surface area contributed by atoms with Gasteiger partial charge in [-0.1, -0.05) is 42.5 Å². The number of sulfone groups is 1. The highest BCUT2D eigenvalue weighted by atomic mass is 32.2. The molecule has 2 N–H and O–H groups in total. The minimum Gasteiger partial charge on any atom is -0.330 e. The monoisotopic (exact) mass is 303 g/mol. The maximum atomic E-state index is 12.4. The van der Waals surface area contributed by atoms with Crippen LogP contribution in [0.15, 0.2) is 59.5 Å². The van der Waals surface area contributed by atoms with Gasteiger partial charge in [0.25, 0.3) is 0 Å². The molecule has 4 heteroatoms. The highest BCUT2D eigenvalue weighted by Gasteiger charge is 2.14. The van der Waals surface area contributed by atoms with Crippen LogP contribution >= 0.6 is 0 Å². The summed E-state index contributed by atoms with van der Waals surface area (Å²) in [6.07, 6.45) is 2.22. The fourth-order valence-corrected chi connectivity index (χ4v) is 3.57. The van der Waals surface area contributed by atoms with Gasteiger partial charge in [-0.05, 0) is 49.1 Å². The van der Waals surface area contributed by atoms with E-state index in [0.717, 1.165) is 24.0 Å². The number of rotatable bonds is 7. The smallest absolute Gasteiger partial charge is 0.178 e. The fraction of sp³-hybridized carbons (Fsp3) is 0.294. The van der Waals surface area contributed by atoms with Crippen molar-refractivity contribution in [2.75, 3.05) is 12.3 Å². The van der Waals surface area contributed by atoms with Crippen LogP contribution in [0.5, 0.6) is 0 Å². The van der Waals surface area contributed by atoms with Gasteiger partial charge < -0.3 is 5.73 Å². The number of hydrogen-bond acceptors (Lipinski definition) is 3. The van der Waals surface area contributed by atoms with Gasteiger partial charge in [-0.2, -0.15) is 0 Å². The zero-order valence-electron chi connectivity index (χ0n) is 12.0. The Kier molecular flexibility index (Phi) is 5.53.